The Bertz CT molecular complexity index is 441. The monoisotopic (exact) mass is 359 g/mol. The largest absolute Gasteiger partial charge is 0.464 e. The number of ether oxygens (including phenoxy) is 2. The van der Waals surface area contributed by atoms with E-state index >= 15 is 0 Å². The summed E-state index contributed by atoms with van der Waals surface area (Å²) in [7, 11) is 10.0. The van der Waals surface area contributed by atoms with Crippen LogP contribution in [-0.2, 0) is 19.1 Å². The van der Waals surface area contributed by atoms with E-state index in [9.17, 15) is 9.59 Å². The van der Waals surface area contributed by atoms with Crippen molar-refractivity contribution in [2.24, 2.45) is 10.8 Å². The molecular weight excluding hydrogens is 320 g/mol. The van der Waals surface area contributed by atoms with E-state index in [1.54, 1.807) is 0 Å². The second-order valence-corrected chi connectivity index (χ2v) is 9.06. The summed E-state index contributed by atoms with van der Waals surface area (Å²) < 4.78 is 11.6. The van der Waals surface area contributed by atoms with E-state index in [2.05, 4.69) is 21.1 Å². The zero-order valence-corrected chi connectivity index (χ0v) is 17.8. The molecule has 0 fully saturated rings. The predicted molar refractivity (Wildman–Crippen MR) is 100 cm³/mol. The molecule has 0 aromatic rings. The Morgan fingerprint density at radius 2 is 1.48 bits per heavy atom. The minimum absolute atomic E-state index is 0.238. The van der Waals surface area contributed by atoms with E-state index in [4.69, 9.17) is 9.47 Å². The van der Waals surface area contributed by atoms with Crippen LogP contribution in [0, 0.1) is 10.8 Å². The Balaban J connectivity index is 4.77. The molecule has 0 aliphatic carbocycles. The van der Waals surface area contributed by atoms with Crippen molar-refractivity contribution in [3.05, 3.63) is 0 Å². The highest BCUT2D eigenvalue weighted by Crippen LogP contribution is 2.38. The van der Waals surface area contributed by atoms with Gasteiger partial charge in [0.2, 0.25) is 0 Å². The Morgan fingerprint density at radius 3 is 1.92 bits per heavy atom. The maximum atomic E-state index is 12.6. The van der Waals surface area contributed by atoms with E-state index in [1.165, 1.54) is 0 Å². The molecule has 6 heteroatoms. The van der Waals surface area contributed by atoms with Crippen LogP contribution in [-0.4, -0.2) is 82.9 Å². The van der Waals surface area contributed by atoms with E-state index in [-0.39, 0.29) is 11.9 Å². The molecule has 0 aliphatic rings. The van der Waals surface area contributed by atoms with Gasteiger partial charge in [0.05, 0.1) is 32.0 Å². The van der Waals surface area contributed by atoms with Gasteiger partial charge in [0.1, 0.15) is 19.8 Å². The van der Waals surface area contributed by atoms with Gasteiger partial charge in [0.15, 0.2) is 0 Å². The minimum atomic E-state index is -0.740. The smallest absolute Gasteiger partial charge is 0.312 e. The van der Waals surface area contributed by atoms with Gasteiger partial charge < -0.3 is 18.9 Å². The fourth-order valence-electron chi connectivity index (χ4n) is 2.49. The second kappa shape index (κ2) is 9.53. The first-order chi connectivity index (χ1) is 11.2. The van der Waals surface area contributed by atoms with Crippen LogP contribution in [0.5, 0.6) is 0 Å². The fourth-order valence-corrected chi connectivity index (χ4v) is 2.49. The van der Waals surface area contributed by atoms with Crippen molar-refractivity contribution in [2.75, 3.05) is 61.5 Å². The van der Waals surface area contributed by atoms with Gasteiger partial charge in [0.25, 0.3) is 0 Å². The van der Waals surface area contributed by atoms with Gasteiger partial charge in [-0.25, -0.2) is 0 Å². The average molecular weight is 360 g/mol. The molecule has 0 radical (unpaired) electrons. The van der Waals surface area contributed by atoms with Crippen LogP contribution in [0.3, 0.4) is 0 Å². The van der Waals surface area contributed by atoms with Crippen LogP contribution in [0.4, 0.5) is 0 Å². The van der Waals surface area contributed by atoms with E-state index < -0.39 is 10.8 Å². The van der Waals surface area contributed by atoms with Crippen LogP contribution in [0.25, 0.3) is 0 Å². The highest BCUT2D eigenvalue weighted by atomic mass is 16.5. The first-order valence-electron chi connectivity index (χ1n) is 9.03. The molecule has 0 aliphatic heterocycles. The summed E-state index contributed by atoms with van der Waals surface area (Å²) in [5.74, 6) is -0.509. The van der Waals surface area contributed by atoms with Gasteiger partial charge in [-0.15, -0.1) is 0 Å². The average Bonchev–Trinajstić information content (AvgIpc) is 2.44. The SMILES string of the molecule is CCC(C)(CC(C)(C)C(=O)OCCN(C)C)C(=O)OCC[N+](C)(C)C. The fraction of sp³-hybridized carbons (Fsp3) is 0.895. The van der Waals surface area contributed by atoms with Crippen LogP contribution in [0.1, 0.15) is 40.5 Å². The van der Waals surface area contributed by atoms with Gasteiger partial charge in [0, 0.05) is 6.54 Å². The number of likely N-dealkylation sites (N-methyl/N-ethyl adjacent to an activating group) is 2. The number of quaternary nitrogens is 1. The number of carbonyl (C=O) groups is 2. The number of hydrogen-bond donors (Lipinski definition) is 0. The molecule has 0 N–H and O–H groups in total. The third-order valence-electron chi connectivity index (χ3n) is 4.42. The lowest BCUT2D eigenvalue weighted by Gasteiger charge is -2.34. The van der Waals surface area contributed by atoms with Crippen molar-refractivity contribution in [2.45, 2.75) is 40.5 Å². The first-order valence-corrected chi connectivity index (χ1v) is 9.03. The molecule has 0 rings (SSSR count). The predicted octanol–water partition coefficient (Wildman–Crippen LogP) is 2.17. The summed E-state index contributed by atoms with van der Waals surface area (Å²) in [6.45, 7) is 9.65. The Morgan fingerprint density at radius 1 is 0.960 bits per heavy atom. The summed E-state index contributed by atoms with van der Waals surface area (Å²) in [6.07, 6.45) is 1.02. The molecule has 0 amide bonds. The Labute approximate surface area is 154 Å². The molecule has 0 aromatic heterocycles. The highest BCUT2D eigenvalue weighted by Gasteiger charge is 2.43. The van der Waals surface area contributed by atoms with Crippen molar-refractivity contribution in [3.8, 4) is 0 Å². The Hall–Kier alpha value is -1.14. The van der Waals surface area contributed by atoms with Crippen molar-refractivity contribution in [1.29, 1.82) is 0 Å². The molecule has 0 heterocycles. The van der Waals surface area contributed by atoms with Crippen molar-refractivity contribution < 1.29 is 23.5 Å². The molecule has 148 valence electrons. The molecule has 1 atom stereocenters. The van der Waals surface area contributed by atoms with Crippen molar-refractivity contribution in [1.82, 2.24) is 4.90 Å². The molecule has 0 spiro atoms. The van der Waals surface area contributed by atoms with Gasteiger partial charge >= 0.3 is 11.9 Å². The third-order valence-corrected chi connectivity index (χ3v) is 4.42. The molecule has 0 saturated carbocycles. The molecule has 0 bridgehead atoms. The zero-order chi connectivity index (χ0) is 19.9. The van der Waals surface area contributed by atoms with Crippen LogP contribution < -0.4 is 0 Å². The normalized spacial score (nSPS) is 15.0. The number of nitrogens with zero attached hydrogens (tertiary/aromatic N) is 2. The lowest BCUT2D eigenvalue weighted by atomic mass is 9.72. The van der Waals surface area contributed by atoms with Gasteiger partial charge in [-0.05, 0) is 47.7 Å². The van der Waals surface area contributed by atoms with Crippen LogP contribution in [0.2, 0.25) is 0 Å². The van der Waals surface area contributed by atoms with Gasteiger partial charge in [-0.3, -0.25) is 9.59 Å². The summed E-state index contributed by atoms with van der Waals surface area (Å²) in [4.78, 5) is 27.0. The first kappa shape index (κ1) is 23.9. The number of carbonyl (C=O) groups excluding carboxylic acids is 2. The summed E-state index contributed by atoms with van der Waals surface area (Å²) in [5.41, 5.74) is -1.44. The standard InChI is InChI=1S/C19H39N2O4/c1-10-19(4,17(23)25-14-12-21(7,8)9)15-18(2,3)16(22)24-13-11-20(5)6/h10-15H2,1-9H3/q+1. The lowest BCUT2D eigenvalue weighted by Crippen LogP contribution is -2.41. The highest BCUT2D eigenvalue weighted by molar-refractivity contribution is 5.80. The van der Waals surface area contributed by atoms with Crippen molar-refractivity contribution >= 4 is 11.9 Å². The van der Waals surface area contributed by atoms with E-state index in [0.717, 1.165) is 11.0 Å². The minimum Gasteiger partial charge on any atom is -0.464 e. The van der Waals surface area contributed by atoms with Crippen molar-refractivity contribution in [3.63, 3.8) is 0 Å². The van der Waals surface area contributed by atoms with Crippen LogP contribution in [0.15, 0.2) is 0 Å². The summed E-state index contributed by atoms with van der Waals surface area (Å²) >= 11 is 0. The maximum Gasteiger partial charge on any atom is 0.312 e. The number of hydrogen-bond acceptors (Lipinski definition) is 5. The molecular formula is C19H39N2O4+. The second-order valence-electron chi connectivity index (χ2n) is 9.06. The number of esters is 2. The molecule has 0 aromatic carbocycles. The van der Waals surface area contributed by atoms with E-state index in [0.29, 0.717) is 32.6 Å². The molecule has 0 saturated heterocycles. The molecule has 6 nitrogen and oxygen atoms in total. The topological polar surface area (TPSA) is 55.8 Å². The maximum absolute atomic E-state index is 12.6. The summed E-state index contributed by atoms with van der Waals surface area (Å²) in [6, 6.07) is 0. The lowest BCUT2D eigenvalue weighted by molar-refractivity contribution is -0.870. The quantitative estimate of drug-likeness (QED) is 0.418. The summed E-state index contributed by atoms with van der Waals surface area (Å²) in [5, 5.41) is 0. The van der Waals surface area contributed by atoms with Crippen LogP contribution >= 0.6 is 0 Å². The molecule has 1 unspecified atom stereocenters. The van der Waals surface area contributed by atoms with Gasteiger partial charge in [-0.2, -0.15) is 0 Å². The molecule has 25 heavy (non-hydrogen) atoms. The van der Waals surface area contributed by atoms with Gasteiger partial charge in [-0.1, -0.05) is 6.92 Å². The third kappa shape index (κ3) is 9.21. The zero-order valence-electron chi connectivity index (χ0n) is 17.8. The van der Waals surface area contributed by atoms with E-state index in [1.807, 2.05) is 46.7 Å². The number of rotatable bonds is 11. The Kier molecular flexibility index (Phi) is 9.09.